The van der Waals surface area contributed by atoms with Crippen molar-refractivity contribution in [1.82, 2.24) is 9.97 Å². The fraction of sp³-hybridized carbons (Fsp3) is 0.500. The second kappa shape index (κ2) is 3.84. The molecular formula is C10H12N2O2. The predicted octanol–water partition coefficient (Wildman–Crippen LogP) is 0.794. The van der Waals surface area contributed by atoms with Crippen LogP contribution in [0.4, 0.5) is 0 Å². The number of ether oxygens (including phenoxy) is 1. The van der Waals surface area contributed by atoms with Crippen molar-refractivity contribution in [2.75, 3.05) is 13.2 Å². The van der Waals surface area contributed by atoms with Crippen LogP contribution in [-0.2, 0) is 17.6 Å². The van der Waals surface area contributed by atoms with Crippen molar-refractivity contribution < 1.29 is 9.53 Å². The Morgan fingerprint density at radius 2 is 2.21 bits per heavy atom. The molecular weight excluding hydrogens is 180 g/mol. The Balaban J connectivity index is 2.37. The molecule has 1 aliphatic rings. The minimum Gasteiger partial charge on any atom is -0.381 e. The maximum Gasteiger partial charge on any atom is 0.196 e. The average Bonchev–Trinajstić information content (AvgIpc) is 2.41. The molecule has 1 aromatic heterocycles. The molecule has 0 fully saturated rings. The van der Waals surface area contributed by atoms with Gasteiger partial charge in [-0.05, 0) is 12.0 Å². The fourth-order valence-electron chi connectivity index (χ4n) is 1.49. The number of Topliss-reactive ketones (excluding diaryl/α,β-unsaturated/α-hetero) is 1. The first kappa shape index (κ1) is 9.27. The minimum absolute atomic E-state index is 0.0852. The molecule has 0 unspecified atom stereocenters. The standard InChI is InChI=1S/C10H12N2O2/c1-7(13)10-11-6-8-2-4-14-5-3-9(8)12-10/h6H,2-5H2,1H3. The van der Waals surface area contributed by atoms with Crippen molar-refractivity contribution in [2.24, 2.45) is 0 Å². The third kappa shape index (κ3) is 1.80. The summed E-state index contributed by atoms with van der Waals surface area (Å²) in [5.74, 6) is 0.226. The number of ketones is 1. The Morgan fingerprint density at radius 1 is 1.43 bits per heavy atom. The third-order valence-electron chi connectivity index (χ3n) is 2.27. The van der Waals surface area contributed by atoms with Gasteiger partial charge in [-0.3, -0.25) is 4.79 Å². The summed E-state index contributed by atoms with van der Waals surface area (Å²) < 4.78 is 5.32. The van der Waals surface area contributed by atoms with Crippen molar-refractivity contribution in [3.8, 4) is 0 Å². The molecule has 4 nitrogen and oxygen atoms in total. The zero-order valence-corrected chi connectivity index (χ0v) is 8.12. The van der Waals surface area contributed by atoms with Gasteiger partial charge in [-0.2, -0.15) is 0 Å². The largest absolute Gasteiger partial charge is 0.381 e. The topological polar surface area (TPSA) is 52.1 Å². The summed E-state index contributed by atoms with van der Waals surface area (Å²) in [6.07, 6.45) is 3.36. The van der Waals surface area contributed by atoms with Gasteiger partial charge in [-0.25, -0.2) is 9.97 Å². The third-order valence-corrected chi connectivity index (χ3v) is 2.27. The number of carbonyl (C=O) groups is 1. The molecule has 0 radical (unpaired) electrons. The van der Waals surface area contributed by atoms with Crippen molar-refractivity contribution >= 4 is 5.78 Å². The summed E-state index contributed by atoms with van der Waals surface area (Å²) in [4.78, 5) is 19.3. The van der Waals surface area contributed by atoms with Gasteiger partial charge >= 0.3 is 0 Å². The van der Waals surface area contributed by atoms with Crippen LogP contribution in [0.3, 0.4) is 0 Å². The summed E-state index contributed by atoms with van der Waals surface area (Å²) in [6.45, 7) is 2.88. The van der Waals surface area contributed by atoms with Gasteiger partial charge in [-0.15, -0.1) is 0 Å². The van der Waals surface area contributed by atoms with Crippen LogP contribution >= 0.6 is 0 Å². The van der Waals surface area contributed by atoms with Gasteiger partial charge in [0.25, 0.3) is 0 Å². The van der Waals surface area contributed by atoms with Gasteiger partial charge in [0.1, 0.15) is 0 Å². The molecule has 4 heteroatoms. The Hall–Kier alpha value is -1.29. The molecule has 74 valence electrons. The molecule has 1 aliphatic heterocycles. The zero-order valence-electron chi connectivity index (χ0n) is 8.12. The van der Waals surface area contributed by atoms with Crippen molar-refractivity contribution in [3.05, 3.63) is 23.3 Å². The maximum atomic E-state index is 11.1. The van der Waals surface area contributed by atoms with Crippen LogP contribution in [0.1, 0.15) is 28.8 Å². The molecule has 0 spiro atoms. The fourth-order valence-corrected chi connectivity index (χ4v) is 1.49. The molecule has 2 heterocycles. The normalized spacial score (nSPS) is 15.8. The minimum atomic E-state index is -0.0852. The monoisotopic (exact) mass is 192 g/mol. The first-order valence-electron chi connectivity index (χ1n) is 4.71. The second-order valence-corrected chi connectivity index (χ2v) is 3.33. The summed E-state index contributed by atoms with van der Waals surface area (Å²) in [7, 11) is 0. The first-order chi connectivity index (χ1) is 6.77. The second-order valence-electron chi connectivity index (χ2n) is 3.33. The Bertz CT molecular complexity index is 363. The molecule has 0 saturated heterocycles. The van der Waals surface area contributed by atoms with E-state index in [1.807, 2.05) is 0 Å². The molecule has 0 bridgehead atoms. The first-order valence-corrected chi connectivity index (χ1v) is 4.71. The number of fused-ring (bicyclic) bond motifs is 1. The van der Waals surface area contributed by atoms with E-state index < -0.39 is 0 Å². The molecule has 0 saturated carbocycles. The highest BCUT2D eigenvalue weighted by Gasteiger charge is 2.12. The molecule has 0 aliphatic carbocycles. The summed E-state index contributed by atoms with van der Waals surface area (Å²) >= 11 is 0. The lowest BCUT2D eigenvalue weighted by Crippen LogP contribution is -2.07. The van der Waals surface area contributed by atoms with Gasteiger partial charge < -0.3 is 4.74 Å². The van der Waals surface area contributed by atoms with Crippen molar-refractivity contribution in [1.29, 1.82) is 0 Å². The summed E-state index contributed by atoms with van der Waals surface area (Å²) in [6, 6.07) is 0. The van der Waals surface area contributed by atoms with Crippen LogP contribution in [0, 0.1) is 0 Å². The van der Waals surface area contributed by atoms with Crippen LogP contribution in [-0.4, -0.2) is 29.0 Å². The van der Waals surface area contributed by atoms with Gasteiger partial charge in [0.15, 0.2) is 11.6 Å². The quantitative estimate of drug-likeness (QED) is 0.617. The molecule has 0 amide bonds. The van der Waals surface area contributed by atoms with E-state index in [0.29, 0.717) is 12.4 Å². The molecule has 1 aromatic rings. The number of carbonyl (C=O) groups excluding carboxylic acids is 1. The Morgan fingerprint density at radius 3 is 3.00 bits per heavy atom. The highest BCUT2D eigenvalue weighted by atomic mass is 16.5. The molecule has 0 atom stereocenters. The Labute approximate surface area is 82.3 Å². The SMILES string of the molecule is CC(=O)c1ncc2c(n1)CCOCC2. The van der Waals surface area contributed by atoms with Gasteiger partial charge in [0.05, 0.1) is 18.9 Å². The van der Waals surface area contributed by atoms with Crippen LogP contribution in [0.15, 0.2) is 6.20 Å². The number of aromatic nitrogens is 2. The number of hydrogen-bond acceptors (Lipinski definition) is 4. The van der Waals surface area contributed by atoms with E-state index in [4.69, 9.17) is 4.74 Å². The molecule has 0 N–H and O–H groups in total. The number of hydrogen-bond donors (Lipinski definition) is 0. The van der Waals surface area contributed by atoms with E-state index in [1.165, 1.54) is 6.92 Å². The highest BCUT2D eigenvalue weighted by molar-refractivity contribution is 5.90. The van der Waals surface area contributed by atoms with Gasteiger partial charge in [0, 0.05) is 19.5 Å². The van der Waals surface area contributed by atoms with Gasteiger partial charge in [-0.1, -0.05) is 0 Å². The number of nitrogens with zero attached hydrogens (tertiary/aromatic N) is 2. The van der Waals surface area contributed by atoms with Crippen LogP contribution in [0.5, 0.6) is 0 Å². The summed E-state index contributed by atoms with van der Waals surface area (Å²) in [5, 5.41) is 0. The van der Waals surface area contributed by atoms with Gasteiger partial charge in [0.2, 0.25) is 0 Å². The lowest BCUT2D eigenvalue weighted by atomic mass is 10.1. The Kier molecular flexibility index (Phi) is 2.54. The van der Waals surface area contributed by atoms with E-state index >= 15 is 0 Å². The molecule has 14 heavy (non-hydrogen) atoms. The predicted molar refractivity (Wildman–Crippen MR) is 50.3 cm³/mol. The van der Waals surface area contributed by atoms with E-state index in [9.17, 15) is 4.79 Å². The zero-order chi connectivity index (χ0) is 9.97. The average molecular weight is 192 g/mol. The number of rotatable bonds is 1. The van der Waals surface area contributed by atoms with Crippen molar-refractivity contribution in [3.63, 3.8) is 0 Å². The molecule has 0 aromatic carbocycles. The van der Waals surface area contributed by atoms with Crippen LogP contribution in [0.2, 0.25) is 0 Å². The van der Waals surface area contributed by atoms with Crippen LogP contribution in [0.25, 0.3) is 0 Å². The lowest BCUT2D eigenvalue weighted by Gasteiger charge is -2.03. The summed E-state index contributed by atoms with van der Waals surface area (Å²) in [5.41, 5.74) is 2.07. The molecule has 2 rings (SSSR count). The van der Waals surface area contributed by atoms with Crippen molar-refractivity contribution in [2.45, 2.75) is 19.8 Å². The smallest absolute Gasteiger partial charge is 0.196 e. The van der Waals surface area contributed by atoms with E-state index in [2.05, 4.69) is 9.97 Å². The van der Waals surface area contributed by atoms with E-state index in [0.717, 1.165) is 30.7 Å². The maximum absolute atomic E-state index is 11.1. The van der Waals surface area contributed by atoms with E-state index in [1.54, 1.807) is 6.20 Å². The van der Waals surface area contributed by atoms with Crippen LogP contribution < -0.4 is 0 Å². The lowest BCUT2D eigenvalue weighted by molar-refractivity contribution is 0.100. The highest BCUT2D eigenvalue weighted by Crippen LogP contribution is 2.11. The van der Waals surface area contributed by atoms with E-state index in [-0.39, 0.29) is 5.78 Å².